The van der Waals surface area contributed by atoms with Gasteiger partial charge in [-0.25, -0.2) is 4.21 Å². The molecule has 0 bridgehead atoms. The van der Waals surface area contributed by atoms with Gasteiger partial charge in [0.1, 0.15) is 11.0 Å². The van der Waals surface area contributed by atoms with Crippen LogP contribution in [0.5, 0.6) is 0 Å². The van der Waals surface area contributed by atoms with Gasteiger partial charge < -0.3 is 0 Å². The number of rotatable bonds is 2. The molecule has 1 atom stereocenters. The van der Waals surface area contributed by atoms with Crippen LogP contribution in [0.25, 0.3) is 0 Å². The molecule has 19 heavy (non-hydrogen) atoms. The maximum Gasteiger partial charge on any atom is 0.434 e. The molecule has 2 nitrogen and oxygen atoms in total. The Morgan fingerprint density at radius 3 is 2.00 bits per heavy atom. The van der Waals surface area contributed by atoms with Gasteiger partial charge in [0.05, 0.1) is 4.75 Å². The maximum atomic E-state index is 13.0. The van der Waals surface area contributed by atoms with Crippen LogP contribution in [0.4, 0.5) is 13.2 Å². The summed E-state index contributed by atoms with van der Waals surface area (Å²) in [5.41, 5.74) is -1.31. The molecule has 0 N–H and O–H groups in total. The second kappa shape index (κ2) is 5.63. The van der Waals surface area contributed by atoms with Gasteiger partial charge in [-0.2, -0.15) is 17.6 Å². The standard InChI is InChI=1S/C12H13ClF3NOS/c1-11(2,3)19(18)17-10(12(14,15)16)8-4-6-9(13)7-5-8/h4-7H,1-3H3/b17-10-/t19-/m1/s1. The third-order valence-electron chi connectivity index (χ3n) is 2.08. The van der Waals surface area contributed by atoms with Crippen LogP contribution in [-0.4, -0.2) is 20.8 Å². The van der Waals surface area contributed by atoms with Crippen LogP contribution in [0.3, 0.4) is 0 Å². The Bertz CT molecular complexity index is 503. The van der Waals surface area contributed by atoms with Crippen molar-refractivity contribution in [2.45, 2.75) is 31.7 Å². The molecule has 0 saturated carbocycles. The molecular formula is C12H13ClF3NOS. The van der Waals surface area contributed by atoms with Crippen molar-refractivity contribution in [1.29, 1.82) is 0 Å². The van der Waals surface area contributed by atoms with Crippen LogP contribution in [-0.2, 0) is 11.0 Å². The zero-order valence-electron chi connectivity index (χ0n) is 10.6. The molecule has 0 spiro atoms. The number of hydrogen-bond acceptors (Lipinski definition) is 1. The summed E-state index contributed by atoms with van der Waals surface area (Å²) in [4.78, 5) is 0. The smallest absolute Gasteiger partial charge is 0.234 e. The number of alkyl halides is 3. The quantitative estimate of drug-likeness (QED) is 0.754. The van der Waals surface area contributed by atoms with E-state index in [0.717, 1.165) is 0 Å². The van der Waals surface area contributed by atoms with Crippen molar-refractivity contribution < 1.29 is 17.4 Å². The molecule has 106 valence electrons. The first-order valence-electron chi connectivity index (χ1n) is 5.35. The minimum atomic E-state index is -4.67. The fourth-order valence-corrected chi connectivity index (χ4v) is 1.87. The Kier molecular flexibility index (Phi) is 4.79. The van der Waals surface area contributed by atoms with Crippen molar-refractivity contribution in [1.82, 2.24) is 0 Å². The Morgan fingerprint density at radius 1 is 1.16 bits per heavy atom. The molecule has 1 rings (SSSR count). The lowest BCUT2D eigenvalue weighted by Gasteiger charge is -2.16. The first kappa shape index (κ1) is 16.2. The van der Waals surface area contributed by atoms with Crippen molar-refractivity contribution in [3.8, 4) is 0 Å². The lowest BCUT2D eigenvalue weighted by atomic mass is 10.1. The zero-order chi connectivity index (χ0) is 14.8. The molecule has 7 heteroatoms. The van der Waals surface area contributed by atoms with Crippen LogP contribution < -0.4 is 0 Å². The normalized spacial score (nSPS) is 15.4. The largest absolute Gasteiger partial charge is 0.434 e. The molecule has 1 aromatic carbocycles. The molecule has 0 aliphatic carbocycles. The summed E-state index contributed by atoms with van der Waals surface area (Å²) in [6, 6.07) is 5.07. The summed E-state index contributed by atoms with van der Waals surface area (Å²) in [6.07, 6.45) is -4.67. The Labute approximate surface area is 117 Å². The SMILES string of the molecule is CC(C)(C)[S@@](=O)/N=C(/c1ccc(Cl)cc1)C(F)(F)F. The molecule has 0 aliphatic rings. The van der Waals surface area contributed by atoms with Crippen LogP contribution in [0.1, 0.15) is 26.3 Å². The molecule has 0 aliphatic heterocycles. The molecule has 0 radical (unpaired) electrons. The van der Waals surface area contributed by atoms with E-state index in [0.29, 0.717) is 5.02 Å². The van der Waals surface area contributed by atoms with E-state index in [-0.39, 0.29) is 5.56 Å². The summed E-state index contributed by atoms with van der Waals surface area (Å²) in [5.74, 6) is 0. The third-order valence-corrected chi connectivity index (χ3v) is 3.73. The van der Waals surface area contributed by atoms with Gasteiger partial charge in [-0.3, -0.25) is 0 Å². The predicted octanol–water partition coefficient (Wildman–Crippen LogP) is 4.15. The lowest BCUT2D eigenvalue weighted by molar-refractivity contribution is -0.0578. The van der Waals surface area contributed by atoms with E-state index in [1.54, 1.807) is 20.8 Å². The number of nitrogens with zero attached hydrogens (tertiary/aromatic N) is 1. The highest BCUT2D eigenvalue weighted by atomic mass is 35.5. The van der Waals surface area contributed by atoms with E-state index < -0.39 is 27.6 Å². The average molecular weight is 312 g/mol. The highest BCUT2D eigenvalue weighted by Gasteiger charge is 2.38. The van der Waals surface area contributed by atoms with Crippen molar-refractivity contribution in [3.05, 3.63) is 34.9 Å². The number of hydrogen-bond donors (Lipinski definition) is 0. The molecule has 0 saturated heterocycles. The van der Waals surface area contributed by atoms with E-state index in [2.05, 4.69) is 4.40 Å². The van der Waals surface area contributed by atoms with Crippen molar-refractivity contribution >= 4 is 28.3 Å². The van der Waals surface area contributed by atoms with Gasteiger partial charge in [0.15, 0.2) is 5.71 Å². The fourth-order valence-electron chi connectivity index (χ4n) is 1.10. The number of halogens is 4. The van der Waals surface area contributed by atoms with E-state index in [1.165, 1.54) is 24.3 Å². The Balaban J connectivity index is 3.28. The number of benzene rings is 1. The topological polar surface area (TPSA) is 29.4 Å². The van der Waals surface area contributed by atoms with Crippen molar-refractivity contribution in [2.24, 2.45) is 4.40 Å². The molecule has 0 aromatic heterocycles. The third kappa shape index (κ3) is 4.62. The minimum Gasteiger partial charge on any atom is -0.234 e. The molecule has 0 amide bonds. The van der Waals surface area contributed by atoms with Crippen molar-refractivity contribution in [3.63, 3.8) is 0 Å². The van der Waals surface area contributed by atoms with E-state index in [9.17, 15) is 17.4 Å². The summed E-state index contributed by atoms with van der Waals surface area (Å²) >= 11 is 5.63. The molecule has 1 aromatic rings. The monoisotopic (exact) mass is 311 g/mol. The Morgan fingerprint density at radius 2 is 1.63 bits per heavy atom. The van der Waals surface area contributed by atoms with Gasteiger partial charge in [-0.05, 0) is 32.9 Å². The average Bonchev–Trinajstić information content (AvgIpc) is 2.24. The second-order valence-corrected chi connectivity index (χ2v) is 7.15. The molecule has 0 fully saturated rings. The maximum absolute atomic E-state index is 13.0. The van der Waals surface area contributed by atoms with E-state index in [4.69, 9.17) is 11.6 Å². The fraction of sp³-hybridized carbons (Fsp3) is 0.417. The first-order chi connectivity index (χ1) is 8.51. The van der Waals surface area contributed by atoms with Crippen LogP contribution >= 0.6 is 11.6 Å². The van der Waals surface area contributed by atoms with Gasteiger partial charge in [0.25, 0.3) is 0 Å². The van der Waals surface area contributed by atoms with Crippen LogP contribution in [0, 0.1) is 0 Å². The zero-order valence-corrected chi connectivity index (χ0v) is 12.2. The first-order valence-corrected chi connectivity index (χ1v) is 6.84. The highest BCUT2D eigenvalue weighted by Crippen LogP contribution is 2.25. The highest BCUT2D eigenvalue weighted by molar-refractivity contribution is 7.85. The van der Waals surface area contributed by atoms with Crippen molar-refractivity contribution in [2.75, 3.05) is 0 Å². The summed E-state index contributed by atoms with van der Waals surface area (Å²) in [5, 5.41) is 0.321. The van der Waals surface area contributed by atoms with Crippen LogP contribution in [0.15, 0.2) is 28.7 Å². The van der Waals surface area contributed by atoms with Gasteiger partial charge in [-0.1, -0.05) is 23.7 Å². The van der Waals surface area contributed by atoms with Gasteiger partial charge in [0.2, 0.25) is 0 Å². The Hall–Kier alpha value is -0.880. The lowest BCUT2D eigenvalue weighted by Crippen LogP contribution is -2.28. The minimum absolute atomic E-state index is 0.158. The molecule has 0 unspecified atom stereocenters. The predicted molar refractivity (Wildman–Crippen MR) is 71.9 cm³/mol. The summed E-state index contributed by atoms with van der Waals surface area (Å²) in [6.45, 7) is 4.67. The summed E-state index contributed by atoms with van der Waals surface area (Å²) in [7, 11) is -1.98. The molecular weight excluding hydrogens is 299 g/mol. The summed E-state index contributed by atoms with van der Waals surface area (Å²) < 4.78 is 53.1. The van der Waals surface area contributed by atoms with E-state index >= 15 is 0 Å². The second-order valence-electron chi connectivity index (χ2n) is 4.81. The van der Waals surface area contributed by atoms with Gasteiger partial charge in [-0.15, -0.1) is 0 Å². The van der Waals surface area contributed by atoms with E-state index in [1.807, 2.05) is 0 Å². The molecule has 0 heterocycles. The van der Waals surface area contributed by atoms with Gasteiger partial charge >= 0.3 is 6.18 Å². The van der Waals surface area contributed by atoms with Gasteiger partial charge in [0, 0.05) is 10.6 Å². The van der Waals surface area contributed by atoms with Crippen LogP contribution in [0.2, 0.25) is 5.02 Å².